The normalized spacial score (nSPS) is 10.6. The summed E-state index contributed by atoms with van der Waals surface area (Å²) >= 11 is 0. The summed E-state index contributed by atoms with van der Waals surface area (Å²) in [6.07, 6.45) is 1.61. The fraction of sp³-hybridized carbons (Fsp3) is 0.0588. The van der Waals surface area contributed by atoms with E-state index in [2.05, 4.69) is 4.98 Å². The molecule has 0 aliphatic heterocycles. The molecule has 0 aliphatic rings. The van der Waals surface area contributed by atoms with Crippen molar-refractivity contribution in [2.24, 2.45) is 0 Å². The summed E-state index contributed by atoms with van der Waals surface area (Å²) in [6.45, 7) is 1.66. The average molecular weight is 296 g/mol. The Morgan fingerprint density at radius 2 is 1.91 bits per heavy atom. The van der Waals surface area contributed by atoms with Crippen LogP contribution in [-0.4, -0.2) is 20.6 Å². The van der Waals surface area contributed by atoms with Crippen molar-refractivity contribution in [1.29, 1.82) is 0 Å². The number of carbonyl (C=O) groups is 1. The number of aromatic carboxylic acids is 1. The number of aromatic nitrogens is 2. The topological polar surface area (TPSA) is 55.1 Å². The summed E-state index contributed by atoms with van der Waals surface area (Å²) in [6, 6.07) is 13.1. The van der Waals surface area contributed by atoms with Gasteiger partial charge in [0.1, 0.15) is 5.82 Å². The van der Waals surface area contributed by atoms with Crippen molar-refractivity contribution in [2.45, 2.75) is 6.92 Å². The Labute approximate surface area is 126 Å². The molecule has 2 heterocycles. The van der Waals surface area contributed by atoms with Crippen molar-refractivity contribution in [2.75, 3.05) is 0 Å². The van der Waals surface area contributed by atoms with E-state index >= 15 is 0 Å². The third-order valence-corrected chi connectivity index (χ3v) is 3.50. The molecule has 0 aliphatic carbocycles. The van der Waals surface area contributed by atoms with E-state index in [1.807, 2.05) is 0 Å². The van der Waals surface area contributed by atoms with Gasteiger partial charge >= 0.3 is 5.97 Å². The van der Waals surface area contributed by atoms with Gasteiger partial charge in [-0.3, -0.25) is 4.98 Å². The number of carboxylic acid groups (broad SMARTS) is 1. The second-order valence-electron chi connectivity index (χ2n) is 4.84. The first-order valence-corrected chi connectivity index (χ1v) is 6.71. The molecule has 0 bridgehead atoms. The lowest BCUT2D eigenvalue weighted by atomic mass is 10.2. The maximum Gasteiger partial charge on any atom is 0.337 e. The van der Waals surface area contributed by atoms with Crippen LogP contribution in [0.4, 0.5) is 4.39 Å². The van der Waals surface area contributed by atoms with E-state index in [0.717, 1.165) is 0 Å². The van der Waals surface area contributed by atoms with Crippen LogP contribution in [0.1, 0.15) is 16.1 Å². The van der Waals surface area contributed by atoms with Crippen LogP contribution in [0.3, 0.4) is 0 Å². The van der Waals surface area contributed by atoms with Crippen LogP contribution in [0.2, 0.25) is 0 Å². The van der Waals surface area contributed by atoms with Gasteiger partial charge in [-0.25, -0.2) is 9.18 Å². The minimum absolute atomic E-state index is 0.129. The molecular weight excluding hydrogens is 283 g/mol. The van der Waals surface area contributed by atoms with Gasteiger partial charge in [0.2, 0.25) is 0 Å². The molecule has 0 spiro atoms. The highest BCUT2D eigenvalue weighted by Crippen LogP contribution is 2.29. The van der Waals surface area contributed by atoms with Gasteiger partial charge in [0.25, 0.3) is 0 Å². The van der Waals surface area contributed by atoms with Crippen LogP contribution in [0.5, 0.6) is 0 Å². The van der Waals surface area contributed by atoms with Crippen molar-refractivity contribution in [3.63, 3.8) is 0 Å². The van der Waals surface area contributed by atoms with E-state index in [0.29, 0.717) is 22.8 Å². The Morgan fingerprint density at radius 3 is 2.55 bits per heavy atom. The molecule has 22 heavy (non-hydrogen) atoms. The summed E-state index contributed by atoms with van der Waals surface area (Å²) in [5.41, 5.74) is 2.01. The summed E-state index contributed by atoms with van der Waals surface area (Å²) in [7, 11) is 0. The van der Waals surface area contributed by atoms with Gasteiger partial charge in [-0.2, -0.15) is 0 Å². The summed E-state index contributed by atoms with van der Waals surface area (Å²) < 4.78 is 15.8. The van der Waals surface area contributed by atoms with E-state index in [4.69, 9.17) is 0 Å². The molecule has 4 nitrogen and oxygen atoms in total. The van der Waals surface area contributed by atoms with Crippen LogP contribution >= 0.6 is 0 Å². The number of pyridine rings is 1. The van der Waals surface area contributed by atoms with E-state index in [9.17, 15) is 14.3 Å². The zero-order chi connectivity index (χ0) is 15.7. The number of benzene rings is 1. The first-order chi connectivity index (χ1) is 10.6. The summed E-state index contributed by atoms with van der Waals surface area (Å²) in [5.74, 6) is -1.47. The van der Waals surface area contributed by atoms with Gasteiger partial charge in [-0.1, -0.05) is 18.2 Å². The molecule has 5 heteroatoms. The maximum absolute atomic E-state index is 14.2. The van der Waals surface area contributed by atoms with Crippen molar-refractivity contribution < 1.29 is 14.3 Å². The lowest BCUT2D eigenvalue weighted by Crippen LogP contribution is -2.04. The second kappa shape index (κ2) is 5.44. The zero-order valence-electron chi connectivity index (χ0n) is 11.8. The number of rotatable bonds is 3. The van der Waals surface area contributed by atoms with Crippen molar-refractivity contribution in [1.82, 2.24) is 9.55 Å². The Morgan fingerprint density at radius 1 is 1.18 bits per heavy atom. The largest absolute Gasteiger partial charge is 0.478 e. The Balaban J connectivity index is 2.33. The second-order valence-corrected chi connectivity index (χ2v) is 4.84. The molecule has 0 fully saturated rings. The van der Waals surface area contributed by atoms with Crippen LogP contribution in [0, 0.1) is 12.7 Å². The summed E-state index contributed by atoms with van der Waals surface area (Å²) in [5, 5.41) is 9.34. The van der Waals surface area contributed by atoms with Crippen molar-refractivity contribution in [3.05, 3.63) is 71.8 Å². The Kier molecular flexibility index (Phi) is 3.47. The molecule has 0 radical (unpaired) electrons. The fourth-order valence-electron chi connectivity index (χ4n) is 2.47. The Hall–Kier alpha value is -2.95. The molecule has 0 unspecified atom stereocenters. The standard InChI is InChI=1S/C17H13FN2O2/c1-11-12(17(21)22)10-16(14-7-4-5-9-19-14)20(11)15-8-3-2-6-13(15)18/h2-10H,1H3,(H,21,22). The minimum Gasteiger partial charge on any atom is -0.478 e. The average Bonchev–Trinajstić information content (AvgIpc) is 2.86. The van der Waals surface area contributed by atoms with E-state index in [-0.39, 0.29) is 5.56 Å². The van der Waals surface area contributed by atoms with Gasteiger partial charge in [-0.15, -0.1) is 0 Å². The fourth-order valence-corrected chi connectivity index (χ4v) is 2.47. The van der Waals surface area contributed by atoms with Crippen LogP contribution in [0.25, 0.3) is 17.1 Å². The number of halogens is 1. The molecular formula is C17H13FN2O2. The minimum atomic E-state index is -1.05. The highest BCUT2D eigenvalue weighted by atomic mass is 19.1. The lowest BCUT2D eigenvalue weighted by Gasteiger charge is -2.12. The van der Waals surface area contributed by atoms with Gasteiger partial charge in [0.15, 0.2) is 0 Å². The third kappa shape index (κ3) is 2.26. The molecule has 1 N–H and O–H groups in total. The molecule has 3 aromatic rings. The SMILES string of the molecule is Cc1c(C(=O)O)cc(-c2ccccn2)n1-c1ccccc1F. The van der Waals surface area contributed by atoms with Gasteiger partial charge in [0, 0.05) is 11.9 Å². The lowest BCUT2D eigenvalue weighted by molar-refractivity contribution is 0.0696. The number of hydrogen-bond acceptors (Lipinski definition) is 2. The predicted molar refractivity (Wildman–Crippen MR) is 80.7 cm³/mol. The van der Waals surface area contributed by atoms with Crippen molar-refractivity contribution >= 4 is 5.97 Å². The van der Waals surface area contributed by atoms with E-state index < -0.39 is 11.8 Å². The maximum atomic E-state index is 14.2. The number of hydrogen-bond donors (Lipinski definition) is 1. The first-order valence-electron chi connectivity index (χ1n) is 6.71. The molecule has 0 atom stereocenters. The molecule has 3 rings (SSSR count). The van der Waals surface area contributed by atoms with Gasteiger partial charge < -0.3 is 9.67 Å². The summed E-state index contributed by atoms with van der Waals surface area (Å²) in [4.78, 5) is 15.6. The van der Waals surface area contributed by atoms with Gasteiger partial charge in [0.05, 0.1) is 22.6 Å². The van der Waals surface area contributed by atoms with Crippen LogP contribution < -0.4 is 0 Å². The van der Waals surface area contributed by atoms with Gasteiger partial charge in [-0.05, 0) is 37.3 Å². The smallest absolute Gasteiger partial charge is 0.337 e. The Bertz CT molecular complexity index is 841. The molecule has 1 aromatic carbocycles. The number of carboxylic acids is 1. The number of para-hydroxylation sites is 1. The van der Waals surface area contributed by atoms with Crippen LogP contribution in [0.15, 0.2) is 54.7 Å². The van der Waals surface area contributed by atoms with Crippen molar-refractivity contribution in [3.8, 4) is 17.1 Å². The van der Waals surface area contributed by atoms with E-state index in [1.54, 1.807) is 54.1 Å². The molecule has 2 aromatic heterocycles. The quantitative estimate of drug-likeness (QED) is 0.802. The van der Waals surface area contributed by atoms with Crippen LogP contribution in [-0.2, 0) is 0 Å². The number of nitrogens with zero attached hydrogens (tertiary/aromatic N) is 2. The zero-order valence-corrected chi connectivity index (χ0v) is 11.8. The predicted octanol–water partition coefficient (Wildman–Crippen LogP) is 3.69. The van der Waals surface area contributed by atoms with E-state index in [1.165, 1.54) is 12.1 Å². The molecule has 0 saturated carbocycles. The molecule has 0 amide bonds. The molecule has 0 saturated heterocycles. The first kappa shape index (κ1) is 14.0. The molecule has 110 valence electrons. The highest BCUT2D eigenvalue weighted by molar-refractivity contribution is 5.91. The highest BCUT2D eigenvalue weighted by Gasteiger charge is 2.20. The third-order valence-electron chi connectivity index (χ3n) is 3.50. The monoisotopic (exact) mass is 296 g/mol.